The van der Waals surface area contributed by atoms with Crippen LogP contribution < -0.4 is 5.32 Å². The van der Waals surface area contributed by atoms with Gasteiger partial charge in [-0.1, -0.05) is 41.1 Å². The van der Waals surface area contributed by atoms with E-state index in [1.54, 1.807) is 24.4 Å². The molecule has 3 rings (SSSR count). The number of hydrogen-bond acceptors (Lipinski definition) is 4. The Bertz CT molecular complexity index is 778. The molecule has 104 valence electrons. The quantitative estimate of drug-likeness (QED) is 0.587. The fraction of sp³-hybridized carbons (Fsp3) is 0. The highest BCUT2D eigenvalue weighted by molar-refractivity contribution is 7.22. The summed E-state index contributed by atoms with van der Waals surface area (Å²) in [5.74, 6) is -0.232. The zero-order chi connectivity index (χ0) is 14.7. The average Bonchev–Trinajstić information content (AvgIpc) is 2.88. The van der Waals surface area contributed by atoms with Crippen molar-refractivity contribution in [2.24, 2.45) is 0 Å². The van der Waals surface area contributed by atoms with E-state index in [0.717, 1.165) is 15.8 Å². The zero-order valence-electron chi connectivity index (χ0n) is 10.8. The van der Waals surface area contributed by atoms with Gasteiger partial charge in [0.25, 0.3) is 0 Å². The minimum atomic E-state index is -0.232. The molecule has 0 unspecified atom stereocenters. The van der Waals surface area contributed by atoms with Gasteiger partial charge < -0.3 is 0 Å². The normalized spacial score (nSPS) is 11.1. The van der Waals surface area contributed by atoms with Gasteiger partial charge in [-0.25, -0.2) is 9.97 Å². The number of pyridine rings is 1. The second-order valence-corrected chi connectivity index (χ2v) is 5.64. The standard InChI is InChI=1S/C15H10ClN3OS/c16-13-7-5-10(9-17-13)6-8-14(20)19-15-18-11-3-1-2-4-12(11)21-15/h1-9H,(H,18,19,20)/b8-6+. The van der Waals surface area contributed by atoms with Crippen molar-refractivity contribution in [3.05, 3.63) is 59.4 Å². The molecule has 0 radical (unpaired) electrons. The topological polar surface area (TPSA) is 54.9 Å². The number of anilines is 1. The van der Waals surface area contributed by atoms with Crippen molar-refractivity contribution in [2.45, 2.75) is 0 Å². The molecule has 1 amide bonds. The van der Waals surface area contributed by atoms with E-state index in [1.807, 2.05) is 24.3 Å². The first-order valence-electron chi connectivity index (χ1n) is 6.17. The number of hydrogen-bond donors (Lipinski definition) is 1. The molecule has 6 heteroatoms. The molecule has 21 heavy (non-hydrogen) atoms. The molecule has 0 aliphatic rings. The van der Waals surface area contributed by atoms with E-state index in [-0.39, 0.29) is 5.91 Å². The summed E-state index contributed by atoms with van der Waals surface area (Å²) < 4.78 is 1.04. The van der Waals surface area contributed by atoms with E-state index in [4.69, 9.17) is 11.6 Å². The number of carbonyl (C=O) groups is 1. The third-order valence-electron chi connectivity index (χ3n) is 2.70. The number of thiazole rings is 1. The van der Waals surface area contributed by atoms with Crippen molar-refractivity contribution in [1.82, 2.24) is 9.97 Å². The lowest BCUT2D eigenvalue weighted by molar-refractivity contribution is -0.111. The van der Waals surface area contributed by atoms with Crippen LogP contribution in [0.1, 0.15) is 5.56 Å². The Kier molecular flexibility index (Phi) is 3.94. The monoisotopic (exact) mass is 315 g/mol. The van der Waals surface area contributed by atoms with Crippen LogP contribution >= 0.6 is 22.9 Å². The maximum Gasteiger partial charge on any atom is 0.250 e. The molecule has 0 saturated heterocycles. The van der Waals surface area contributed by atoms with Crippen LogP contribution in [0.5, 0.6) is 0 Å². The molecule has 0 aliphatic heterocycles. The fourth-order valence-electron chi connectivity index (χ4n) is 1.73. The highest BCUT2D eigenvalue weighted by Gasteiger charge is 2.04. The summed E-state index contributed by atoms with van der Waals surface area (Å²) in [4.78, 5) is 20.1. The fourth-order valence-corrected chi connectivity index (χ4v) is 2.71. The van der Waals surface area contributed by atoms with Gasteiger partial charge in [0.15, 0.2) is 5.13 Å². The van der Waals surface area contributed by atoms with Gasteiger partial charge in [-0.05, 0) is 29.8 Å². The van der Waals surface area contributed by atoms with Gasteiger partial charge in [0.2, 0.25) is 5.91 Å². The van der Waals surface area contributed by atoms with E-state index in [9.17, 15) is 4.79 Å². The molecule has 4 nitrogen and oxygen atoms in total. The number of amides is 1. The van der Waals surface area contributed by atoms with E-state index in [1.165, 1.54) is 17.4 Å². The highest BCUT2D eigenvalue weighted by Crippen LogP contribution is 2.25. The number of fused-ring (bicyclic) bond motifs is 1. The van der Waals surface area contributed by atoms with Crippen molar-refractivity contribution in [3.63, 3.8) is 0 Å². The van der Waals surface area contributed by atoms with E-state index < -0.39 is 0 Å². The van der Waals surface area contributed by atoms with Gasteiger partial charge >= 0.3 is 0 Å². The summed E-state index contributed by atoms with van der Waals surface area (Å²) >= 11 is 7.14. The first kappa shape index (κ1) is 13.7. The Labute approximate surface area is 130 Å². The largest absolute Gasteiger partial charge is 0.298 e. The third-order valence-corrected chi connectivity index (χ3v) is 3.88. The highest BCUT2D eigenvalue weighted by atomic mass is 35.5. The van der Waals surface area contributed by atoms with Crippen LogP contribution in [0.15, 0.2) is 48.7 Å². The lowest BCUT2D eigenvalue weighted by Gasteiger charge is -1.95. The van der Waals surface area contributed by atoms with Gasteiger partial charge in [0, 0.05) is 12.3 Å². The third kappa shape index (κ3) is 3.45. The van der Waals surface area contributed by atoms with Crippen LogP contribution in [0, 0.1) is 0 Å². The molecule has 1 aromatic carbocycles. The molecule has 0 bridgehead atoms. The summed E-state index contributed by atoms with van der Waals surface area (Å²) in [6, 6.07) is 11.2. The number of halogens is 1. The molecule has 0 atom stereocenters. The lowest BCUT2D eigenvalue weighted by Crippen LogP contribution is -2.07. The van der Waals surface area contributed by atoms with Crippen molar-refractivity contribution >= 4 is 50.3 Å². The van der Waals surface area contributed by atoms with Crippen LogP contribution in [-0.2, 0) is 4.79 Å². The van der Waals surface area contributed by atoms with Crippen molar-refractivity contribution < 1.29 is 4.79 Å². The van der Waals surface area contributed by atoms with Crippen molar-refractivity contribution in [1.29, 1.82) is 0 Å². The van der Waals surface area contributed by atoms with Crippen LogP contribution in [-0.4, -0.2) is 15.9 Å². The SMILES string of the molecule is O=C(/C=C/c1ccc(Cl)nc1)Nc1nc2ccccc2s1. The van der Waals surface area contributed by atoms with Crippen LogP contribution in [0.4, 0.5) is 5.13 Å². The van der Waals surface area contributed by atoms with Crippen LogP contribution in [0.3, 0.4) is 0 Å². The lowest BCUT2D eigenvalue weighted by atomic mass is 10.2. The molecular weight excluding hydrogens is 306 g/mol. The Hall–Kier alpha value is -2.24. The number of benzene rings is 1. The Morgan fingerprint density at radius 1 is 1.24 bits per heavy atom. The molecule has 0 fully saturated rings. The van der Waals surface area contributed by atoms with Crippen molar-refractivity contribution in [2.75, 3.05) is 5.32 Å². The number of para-hydroxylation sites is 1. The van der Waals surface area contributed by atoms with Gasteiger partial charge in [0.1, 0.15) is 5.15 Å². The summed E-state index contributed by atoms with van der Waals surface area (Å²) in [5.41, 5.74) is 1.68. The molecule has 2 heterocycles. The molecular formula is C15H10ClN3OS. The first-order chi connectivity index (χ1) is 10.2. The summed E-state index contributed by atoms with van der Waals surface area (Å²) in [6.45, 7) is 0. The number of aromatic nitrogens is 2. The van der Waals surface area contributed by atoms with Crippen LogP contribution in [0.25, 0.3) is 16.3 Å². The van der Waals surface area contributed by atoms with E-state index in [0.29, 0.717) is 10.3 Å². The average molecular weight is 316 g/mol. The number of nitrogens with zero attached hydrogens (tertiary/aromatic N) is 2. The molecule has 0 aliphatic carbocycles. The molecule has 0 saturated carbocycles. The van der Waals surface area contributed by atoms with Crippen LogP contribution in [0.2, 0.25) is 5.15 Å². The predicted octanol–water partition coefficient (Wildman–Crippen LogP) is 4.00. The maximum absolute atomic E-state index is 11.9. The minimum absolute atomic E-state index is 0.232. The Morgan fingerprint density at radius 2 is 2.10 bits per heavy atom. The van der Waals surface area contributed by atoms with Crippen molar-refractivity contribution in [3.8, 4) is 0 Å². The second kappa shape index (κ2) is 6.03. The summed E-state index contributed by atoms with van der Waals surface area (Å²) in [7, 11) is 0. The van der Waals surface area contributed by atoms with Gasteiger partial charge in [-0.3, -0.25) is 10.1 Å². The van der Waals surface area contributed by atoms with Gasteiger partial charge in [-0.2, -0.15) is 0 Å². The van der Waals surface area contributed by atoms with E-state index >= 15 is 0 Å². The van der Waals surface area contributed by atoms with Gasteiger partial charge in [0.05, 0.1) is 10.2 Å². The summed E-state index contributed by atoms with van der Waals surface area (Å²) in [6.07, 6.45) is 4.72. The van der Waals surface area contributed by atoms with Gasteiger partial charge in [-0.15, -0.1) is 0 Å². The molecule has 3 aromatic rings. The second-order valence-electron chi connectivity index (χ2n) is 4.22. The number of carbonyl (C=O) groups excluding carboxylic acids is 1. The predicted molar refractivity (Wildman–Crippen MR) is 86.5 cm³/mol. The number of rotatable bonds is 3. The molecule has 0 spiro atoms. The number of nitrogens with one attached hydrogen (secondary N) is 1. The maximum atomic E-state index is 11.9. The first-order valence-corrected chi connectivity index (χ1v) is 7.36. The smallest absolute Gasteiger partial charge is 0.250 e. The van der Waals surface area contributed by atoms with E-state index in [2.05, 4.69) is 15.3 Å². The Morgan fingerprint density at radius 3 is 2.86 bits per heavy atom. The minimum Gasteiger partial charge on any atom is -0.298 e. The summed E-state index contributed by atoms with van der Waals surface area (Å²) in [5, 5.41) is 3.75. The zero-order valence-corrected chi connectivity index (χ0v) is 12.4. The molecule has 2 aromatic heterocycles. The molecule has 1 N–H and O–H groups in total. The Balaban J connectivity index is 1.69.